The van der Waals surface area contributed by atoms with E-state index in [0.717, 1.165) is 30.9 Å². The van der Waals surface area contributed by atoms with Crippen molar-refractivity contribution in [2.45, 2.75) is 25.8 Å². The predicted molar refractivity (Wildman–Crippen MR) is 85.7 cm³/mol. The van der Waals surface area contributed by atoms with E-state index in [1.54, 1.807) is 0 Å². The largest absolute Gasteiger partial charge is 0.354 e. The molecule has 0 N–H and O–H groups in total. The van der Waals surface area contributed by atoms with Crippen LogP contribution in [-0.4, -0.2) is 66.6 Å². The summed E-state index contributed by atoms with van der Waals surface area (Å²) < 4.78 is 0. The van der Waals surface area contributed by atoms with E-state index >= 15 is 0 Å². The first-order valence-corrected chi connectivity index (χ1v) is 8.43. The number of fused-ring (bicyclic) bond motifs is 3. The molecule has 4 aliphatic heterocycles. The Labute approximate surface area is 127 Å². The first-order valence-electron chi connectivity index (χ1n) is 8.43. The van der Waals surface area contributed by atoms with Crippen molar-refractivity contribution in [3.05, 3.63) is 23.9 Å². The predicted octanol–water partition coefficient (Wildman–Crippen LogP) is 1.61. The van der Waals surface area contributed by atoms with Crippen molar-refractivity contribution in [1.82, 2.24) is 14.8 Å². The molecule has 5 heterocycles. The summed E-state index contributed by atoms with van der Waals surface area (Å²) in [5.41, 5.74) is 1.24. The van der Waals surface area contributed by atoms with Gasteiger partial charge in [-0.2, -0.15) is 0 Å². The number of aryl methyl sites for hydroxylation is 1. The highest BCUT2D eigenvalue weighted by atomic mass is 15.3. The number of hydrogen-bond donors (Lipinski definition) is 0. The Morgan fingerprint density at radius 2 is 1.76 bits per heavy atom. The van der Waals surface area contributed by atoms with Crippen molar-refractivity contribution in [2.24, 2.45) is 5.92 Å². The molecule has 0 saturated carbocycles. The Morgan fingerprint density at radius 1 is 1.00 bits per heavy atom. The van der Waals surface area contributed by atoms with E-state index in [1.807, 2.05) is 6.20 Å². The van der Waals surface area contributed by atoms with Crippen molar-refractivity contribution in [2.75, 3.05) is 50.7 Å². The summed E-state index contributed by atoms with van der Waals surface area (Å²) in [4.78, 5) is 12.4. The average Bonchev–Trinajstić information content (AvgIpc) is 2.57. The van der Waals surface area contributed by atoms with Crippen LogP contribution in [0.2, 0.25) is 0 Å². The van der Waals surface area contributed by atoms with Gasteiger partial charge in [0.15, 0.2) is 0 Å². The van der Waals surface area contributed by atoms with Gasteiger partial charge < -0.3 is 9.80 Å². The molecule has 1 atom stereocenters. The van der Waals surface area contributed by atoms with E-state index < -0.39 is 0 Å². The zero-order valence-corrected chi connectivity index (χ0v) is 13.0. The summed E-state index contributed by atoms with van der Waals surface area (Å²) in [5, 5.41) is 0. The van der Waals surface area contributed by atoms with Crippen molar-refractivity contribution < 1.29 is 0 Å². The number of aromatic nitrogens is 1. The summed E-state index contributed by atoms with van der Waals surface area (Å²) in [6.07, 6.45) is 4.82. The van der Waals surface area contributed by atoms with Crippen LogP contribution in [0.5, 0.6) is 0 Å². The number of rotatable bonds is 2. The second kappa shape index (κ2) is 5.58. The second-order valence-corrected chi connectivity index (χ2v) is 6.92. The summed E-state index contributed by atoms with van der Waals surface area (Å²) in [6.45, 7) is 10.7. The van der Waals surface area contributed by atoms with Crippen LogP contribution >= 0.6 is 0 Å². The molecule has 1 aromatic heterocycles. The molecule has 1 aromatic rings. The molecule has 4 nitrogen and oxygen atoms in total. The van der Waals surface area contributed by atoms with Gasteiger partial charge in [0.1, 0.15) is 5.82 Å². The lowest BCUT2D eigenvalue weighted by Gasteiger charge is -2.51. The summed E-state index contributed by atoms with van der Waals surface area (Å²) in [6, 6.07) is 5.15. The molecule has 0 spiro atoms. The maximum atomic E-state index is 4.58. The highest BCUT2D eigenvalue weighted by molar-refractivity contribution is 5.39. The van der Waals surface area contributed by atoms with E-state index in [2.05, 4.69) is 38.7 Å². The first kappa shape index (κ1) is 13.5. The number of nitrogens with zero attached hydrogens (tertiary/aromatic N) is 4. The lowest BCUT2D eigenvalue weighted by atomic mass is 9.83. The van der Waals surface area contributed by atoms with E-state index in [0.29, 0.717) is 0 Å². The molecule has 0 amide bonds. The van der Waals surface area contributed by atoms with Crippen LogP contribution in [0.25, 0.3) is 0 Å². The molecule has 4 aliphatic rings. The van der Waals surface area contributed by atoms with E-state index in [4.69, 9.17) is 0 Å². The SMILES string of the molecule is Cc1ccc(N2CCN(C3CN4CCC3CC4)CC2)nc1. The third-order valence-electron chi connectivity index (χ3n) is 5.62. The fraction of sp³-hybridized carbons (Fsp3) is 0.706. The minimum absolute atomic E-state index is 0.820. The molecule has 21 heavy (non-hydrogen) atoms. The lowest BCUT2D eigenvalue weighted by Crippen LogP contribution is -2.61. The third kappa shape index (κ3) is 2.67. The molecule has 2 bridgehead atoms. The van der Waals surface area contributed by atoms with Crippen LogP contribution in [0, 0.1) is 12.8 Å². The Hall–Kier alpha value is -1.13. The first-order chi connectivity index (χ1) is 10.3. The van der Waals surface area contributed by atoms with Gasteiger partial charge in [-0.15, -0.1) is 0 Å². The maximum Gasteiger partial charge on any atom is 0.128 e. The topological polar surface area (TPSA) is 22.6 Å². The Kier molecular flexibility index (Phi) is 3.59. The fourth-order valence-corrected chi connectivity index (χ4v) is 4.28. The minimum atomic E-state index is 0.820. The average molecular weight is 286 g/mol. The summed E-state index contributed by atoms with van der Waals surface area (Å²) in [5.74, 6) is 2.10. The highest BCUT2D eigenvalue weighted by Gasteiger charge is 2.38. The zero-order valence-electron chi connectivity index (χ0n) is 13.0. The number of pyridine rings is 1. The molecule has 4 saturated heterocycles. The number of hydrogen-bond acceptors (Lipinski definition) is 4. The quantitative estimate of drug-likeness (QED) is 0.824. The number of anilines is 1. The normalized spacial score (nSPS) is 33.4. The molecule has 1 unspecified atom stereocenters. The van der Waals surface area contributed by atoms with E-state index in [9.17, 15) is 0 Å². The Morgan fingerprint density at radius 3 is 2.33 bits per heavy atom. The minimum Gasteiger partial charge on any atom is -0.354 e. The van der Waals surface area contributed by atoms with Gasteiger partial charge in [0.05, 0.1) is 0 Å². The van der Waals surface area contributed by atoms with Gasteiger partial charge in [0.25, 0.3) is 0 Å². The summed E-state index contributed by atoms with van der Waals surface area (Å²) in [7, 11) is 0. The monoisotopic (exact) mass is 286 g/mol. The molecule has 114 valence electrons. The molecular formula is C17H26N4. The molecular weight excluding hydrogens is 260 g/mol. The van der Waals surface area contributed by atoms with Crippen molar-refractivity contribution in [3.63, 3.8) is 0 Å². The van der Waals surface area contributed by atoms with Crippen LogP contribution in [0.3, 0.4) is 0 Å². The molecule has 4 heteroatoms. The molecule has 0 radical (unpaired) electrons. The van der Waals surface area contributed by atoms with Crippen LogP contribution < -0.4 is 4.90 Å². The molecule has 0 aromatic carbocycles. The maximum absolute atomic E-state index is 4.58. The van der Waals surface area contributed by atoms with Crippen LogP contribution in [0.4, 0.5) is 5.82 Å². The standard InChI is InChI=1S/C17H26N4/c1-14-2-3-17(18-12-14)21-10-8-20(9-11-21)16-13-19-6-4-15(16)5-7-19/h2-3,12,15-16H,4-11,13H2,1H3. The van der Waals surface area contributed by atoms with E-state index in [1.165, 1.54) is 51.1 Å². The second-order valence-electron chi connectivity index (χ2n) is 6.92. The number of piperazine rings is 1. The smallest absolute Gasteiger partial charge is 0.128 e. The van der Waals surface area contributed by atoms with Gasteiger partial charge in [-0.3, -0.25) is 4.90 Å². The van der Waals surface area contributed by atoms with E-state index in [-0.39, 0.29) is 0 Å². The van der Waals surface area contributed by atoms with Crippen molar-refractivity contribution in [3.8, 4) is 0 Å². The fourth-order valence-electron chi connectivity index (χ4n) is 4.28. The zero-order chi connectivity index (χ0) is 14.2. The lowest BCUT2D eigenvalue weighted by molar-refractivity contribution is 0.00306. The van der Waals surface area contributed by atoms with Gasteiger partial charge in [-0.25, -0.2) is 4.98 Å². The Bertz CT molecular complexity index is 470. The van der Waals surface area contributed by atoms with Crippen molar-refractivity contribution >= 4 is 5.82 Å². The summed E-state index contributed by atoms with van der Waals surface area (Å²) >= 11 is 0. The van der Waals surface area contributed by atoms with Crippen LogP contribution in [0.1, 0.15) is 18.4 Å². The molecule has 0 aliphatic carbocycles. The van der Waals surface area contributed by atoms with Gasteiger partial charge in [-0.05, 0) is 50.4 Å². The third-order valence-corrected chi connectivity index (χ3v) is 5.62. The molecule has 4 fully saturated rings. The highest BCUT2D eigenvalue weighted by Crippen LogP contribution is 2.31. The van der Waals surface area contributed by atoms with Gasteiger partial charge >= 0.3 is 0 Å². The Balaban J connectivity index is 1.37. The van der Waals surface area contributed by atoms with Gasteiger partial charge in [0, 0.05) is 45.0 Å². The van der Waals surface area contributed by atoms with Crippen LogP contribution in [0.15, 0.2) is 18.3 Å². The van der Waals surface area contributed by atoms with Gasteiger partial charge in [-0.1, -0.05) is 6.07 Å². The van der Waals surface area contributed by atoms with Crippen molar-refractivity contribution in [1.29, 1.82) is 0 Å². The van der Waals surface area contributed by atoms with Gasteiger partial charge in [0.2, 0.25) is 0 Å². The van der Waals surface area contributed by atoms with Crippen LogP contribution in [-0.2, 0) is 0 Å². The number of piperidine rings is 3. The molecule has 5 rings (SSSR count).